The molecule has 344 valence electrons. The molecule has 1 spiro atoms. The van der Waals surface area contributed by atoms with Crippen LogP contribution < -0.4 is 20.5 Å². The van der Waals surface area contributed by atoms with Crippen LogP contribution in [0.3, 0.4) is 0 Å². The highest BCUT2D eigenvalue weighted by molar-refractivity contribution is 7.57. The first kappa shape index (κ1) is 45.7. The lowest BCUT2D eigenvalue weighted by Gasteiger charge is -2.40. The number of nitrogens with one attached hydrogen (secondary N) is 2. The van der Waals surface area contributed by atoms with Gasteiger partial charge in [-0.1, -0.05) is 43.3 Å². The highest BCUT2D eigenvalue weighted by Crippen LogP contribution is 2.58. The lowest BCUT2D eigenvalue weighted by Crippen LogP contribution is -2.61. The fourth-order valence-corrected chi connectivity index (χ4v) is 11.5. The molecule has 0 radical (unpaired) electrons. The van der Waals surface area contributed by atoms with Gasteiger partial charge in [0.25, 0.3) is 11.5 Å². The van der Waals surface area contributed by atoms with Crippen molar-refractivity contribution in [2.75, 3.05) is 26.2 Å². The van der Waals surface area contributed by atoms with Crippen LogP contribution in [0.4, 0.5) is 4.39 Å². The molecule has 1 aromatic heterocycles. The van der Waals surface area contributed by atoms with Crippen molar-refractivity contribution in [3.8, 4) is 5.75 Å². The number of hydrogen-bond donors (Lipinski definition) is 2. The molecule has 17 heteroatoms. The number of hydrogen-bond acceptors (Lipinski definition) is 9. The van der Waals surface area contributed by atoms with Gasteiger partial charge in [-0.3, -0.25) is 33.3 Å². The molecule has 15 nitrogen and oxygen atoms in total. The van der Waals surface area contributed by atoms with E-state index in [1.807, 2.05) is 17.9 Å². The number of aryl methyl sites for hydroxylation is 1. The van der Waals surface area contributed by atoms with E-state index in [1.54, 1.807) is 65.5 Å². The molecule has 7 atom stereocenters. The number of nitrogens with zero attached hydrogens (tertiary/aromatic N) is 4. The lowest BCUT2D eigenvalue weighted by atomic mass is 9.96. The van der Waals surface area contributed by atoms with E-state index in [0.717, 1.165) is 24.8 Å². The Bertz CT molecular complexity index is 2600. The summed E-state index contributed by atoms with van der Waals surface area (Å²) >= 11 is 0. The minimum atomic E-state index is -4.52. The number of halogens is 1. The van der Waals surface area contributed by atoms with Crippen molar-refractivity contribution in [2.24, 2.45) is 7.05 Å². The summed E-state index contributed by atoms with van der Waals surface area (Å²) in [6.07, 6.45) is 6.25. The third kappa shape index (κ3) is 9.46. The number of pyridine rings is 1. The fourth-order valence-electron chi connectivity index (χ4n) is 9.64. The summed E-state index contributed by atoms with van der Waals surface area (Å²) in [4.78, 5) is 86.7. The number of esters is 1. The number of ether oxygens (including phenoxy) is 1. The standard InChI is InChI=1S/C48H56FN6O9P/c1-5-23-63-47(61)30(2)51-65(62,64-39-9-7-6-8-10-39)43(49)34-13-11-32-12-14-35(25-36(32)24-34)44(58)50-40-29-53(31(3)56)22-18-38-15-16-41(55(38)45(40)59)46(60)54-28-37(27-48(54)19-20-48)33-17-21-52(4)42(57)26-33/h6-14,17,21,24-26,30,37-38,40-41,43H,5,15-16,18-20,22-23,27-29H2,1-4H3,(H,50,58)(H,51,62)/t30-,37?,38+,40-,41?,43?,65?/m0/s1. The van der Waals surface area contributed by atoms with E-state index in [4.69, 9.17) is 9.26 Å². The van der Waals surface area contributed by atoms with Crippen molar-refractivity contribution in [3.63, 3.8) is 0 Å². The molecule has 4 fully saturated rings. The summed E-state index contributed by atoms with van der Waals surface area (Å²) < 4.78 is 43.7. The number of carbonyl (C=O) groups is 5. The van der Waals surface area contributed by atoms with Gasteiger partial charge in [0.1, 0.15) is 23.9 Å². The van der Waals surface area contributed by atoms with Crippen molar-refractivity contribution < 1.29 is 42.2 Å². The zero-order valence-corrected chi connectivity index (χ0v) is 38.0. The molecule has 65 heavy (non-hydrogen) atoms. The van der Waals surface area contributed by atoms with Crippen LogP contribution in [0.1, 0.15) is 99.0 Å². The van der Waals surface area contributed by atoms with Gasteiger partial charge < -0.3 is 33.8 Å². The first-order valence-corrected chi connectivity index (χ1v) is 24.1. The van der Waals surface area contributed by atoms with Gasteiger partial charge in [0.2, 0.25) is 23.6 Å². The molecule has 3 aromatic carbocycles. The average Bonchev–Trinajstić information content (AvgIpc) is 3.78. The number of fused-ring (bicyclic) bond motifs is 2. The maximum Gasteiger partial charge on any atom is 0.355 e. The van der Waals surface area contributed by atoms with Gasteiger partial charge >= 0.3 is 13.5 Å². The number of para-hydroxylation sites is 1. The summed E-state index contributed by atoms with van der Waals surface area (Å²) in [5, 5.41) is 6.51. The Labute approximate surface area is 377 Å². The zero-order valence-electron chi connectivity index (χ0n) is 37.1. The van der Waals surface area contributed by atoms with Gasteiger partial charge in [0.05, 0.1) is 6.61 Å². The topological polar surface area (TPSA) is 177 Å². The van der Waals surface area contributed by atoms with Crippen molar-refractivity contribution in [2.45, 2.75) is 107 Å². The van der Waals surface area contributed by atoms with Gasteiger partial charge in [0, 0.05) is 68.9 Å². The van der Waals surface area contributed by atoms with E-state index >= 15 is 4.39 Å². The number of amides is 4. The normalized spacial score (nSPS) is 23.2. The molecular formula is C48H56FN6O9P. The molecule has 4 aromatic rings. The lowest BCUT2D eigenvalue weighted by molar-refractivity contribution is -0.149. The van der Waals surface area contributed by atoms with Crippen LogP contribution in [0.25, 0.3) is 10.8 Å². The summed E-state index contributed by atoms with van der Waals surface area (Å²) in [6.45, 7) is 5.48. The van der Waals surface area contributed by atoms with Crippen LogP contribution >= 0.6 is 7.52 Å². The van der Waals surface area contributed by atoms with Crippen LogP contribution in [0.5, 0.6) is 5.75 Å². The Morgan fingerprint density at radius 3 is 2.40 bits per heavy atom. The predicted molar refractivity (Wildman–Crippen MR) is 241 cm³/mol. The van der Waals surface area contributed by atoms with Gasteiger partial charge in [-0.15, -0.1) is 0 Å². The highest BCUT2D eigenvalue weighted by atomic mass is 31.2. The molecule has 3 saturated heterocycles. The molecule has 2 N–H and O–H groups in total. The minimum absolute atomic E-state index is 0.00540. The first-order chi connectivity index (χ1) is 31.1. The van der Waals surface area contributed by atoms with Crippen molar-refractivity contribution in [1.29, 1.82) is 0 Å². The minimum Gasteiger partial charge on any atom is -0.465 e. The quantitative estimate of drug-likeness (QED) is 0.120. The molecule has 4 amide bonds. The van der Waals surface area contributed by atoms with E-state index < -0.39 is 49.3 Å². The Balaban J connectivity index is 1.03. The maximum absolute atomic E-state index is 16.7. The highest BCUT2D eigenvalue weighted by Gasteiger charge is 2.58. The van der Waals surface area contributed by atoms with Crippen LogP contribution in [0.15, 0.2) is 89.9 Å². The number of aromatic nitrogens is 1. The van der Waals surface area contributed by atoms with Gasteiger partial charge in [0.15, 0.2) is 0 Å². The van der Waals surface area contributed by atoms with Gasteiger partial charge in [-0.05, 0) is 110 Å². The summed E-state index contributed by atoms with van der Waals surface area (Å²) in [6, 6.07) is 17.5. The van der Waals surface area contributed by atoms with Crippen LogP contribution in [-0.4, -0.2) is 105 Å². The third-order valence-electron chi connectivity index (χ3n) is 13.4. The third-order valence-corrected chi connectivity index (χ3v) is 15.5. The monoisotopic (exact) mass is 910 g/mol. The van der Waals surface area contributed by atoms with E-state index in [1.165, 1.54) is 48.7 Å². The second kappa shape index (κ2) is 18.6. The maximum atomic E-state index is 16.7. The molecule has 1 saturated carbocycles. The number of rotatable bonds is 13. The van der Waals surface area contributed by atoms with Crippen LogP contribution in [0, 0.1) is 0 Å². The molecule has 0 bridgehead atoms. The SMILES string of the molecule is CCCOC(=O)[C@H](C)NP(=O)(Oc1ccccc1)C(F)c1ccc2ccc(C(=O)N[C@H]3CN(C(C)=O)CC[C@H]4CCC(C(=O)N5CC(c6ccn(C)c(=O)c6)CC56CC6)N4C3=O)cc2c1. The Morgan fingerprint density at radius 2 is 1.69 bits per heavy atom. The Morgan fingerprint density at radius 1 is 0.938 bits per heavy atom. The molecule has 8 rings (SSSR count). The first-order valence-electron chi connectivity index (χ1n) is 22.4. The van der Waals surface area contributed by atoms with E-state index in [2.05, 4.69) is 10.4 Å². The fraction of sp³-hybridized carbons (Fsp3) is 0.458. The van der Waals surface area contributed by atoms with Crippen LogP contribution in [0.2, 0.25) is 0 Å². The van der Waals surface area contributed by atoms with Crippen molar-refractivity contribution in [3.05, 3.63) is 112 Å². The van der Waals surface area contributed by atoms with E-state index in [0.29, 0.717) is 49.5 Å². The van der Waals surface area contributed by atoms with E-state index in [9.17, 15) is 33.3 Å². The summed E-state index contributed by atoms with van der Waals surface area (Å²) in [7, 11) is -2.82. The molecule has 4 unspecified atom stereocenters. The Hall–Kier alpha value is -5.86. The number of alkyl halides is 1. The molecular weight excluding hydrogens is 855 g/mol. The van der Waals surface area contributed by atoms with Crippen LogP contribution in [-0.2, 0) is 35.5 Å². The number of likely N-dealkylation sites (tertiary alicyclic amines) is 1. The zero-order chi connectivity index (χ0) is 46.2. The Kier molecular flexibility index (Phi) is 13.0. The summed E-state index contributed by atoms with van der Waals surface area (Å²) in [5.41, 5.74) is 0.577. The summed E-state index contributed by atoms with van der Waals surface area (Å²) in [5.74, 6) is -4.31. The molecule has 3 aliphatic heterocycles. The van der Waals surface area contributed by atoms with E-state index in [-0.39, 0.29) is 64.9 Å². The average molecular weight is 911 g/mol. The van der Waals surface area contributed by atoms with Gasteiger partial charge in [-0.2, -0.15) is 0 Å². The molecule has 4 aliphatic rings. The molecule has 4 heterocycles. The second-order valence-electron chi connectivity index (χ2n) is 17.9. The molecule has 1 aliphatic carbocycles. The van der Waals surface area contributed by atoms with Crippen molar-refractivity contribution >= 4 is 47.9 Å². The largest absolute Gasteiger partial charge is 0.465 e. The smallest absolute Gasteiger partial charge is 0.355 e. The van der Waals surface area contributed by atoms with Crippen molar-refractivity contribution in [1.82, 2.24) is 29.7 Å². The van der Waals surface area contributed by atoms with Gasteiger partial charge in [-0.25, -0.2) is 9.48 Å². The second-order valence-corrected chi connectivity index (χ2v) is 20.0. The number of benzene rings is 3. The number of carbonyl (C=O) groups excluding carboxylic acids is 5. The predicted octanol–water partition coefficient (Wildman–Crippen LogP) is 5.97.